The van der Waals surface area contributed by atoms with Crippen molar-refractivity contribution >= 4 is 5.78 Å². The van der Waals surface area contributed by atoms with Gasteiger partial charge in [-0.3, -0.25) is 14.6 Å². The van der Waals surface area contributed by atoms with Crippen molar-refractivity contribution in [1.29, 1.82) is 0 Å². The van der Waals surface area contributed by atoms with Crippen LogP contribution < -0.4 is 4.74 Å². The van der Waals surface area contributed by atoms with E-state index in [1.165, 1.54) is 6.92 Å². The number of nitrogens with zero attached hydrogens (tertiary/aromatic N) is 2. The Labute approximate surface area is 137 Å². The molecule has 1 aliphatic rings. The summed E-state index contributed by atoms with van der Waals surface area (Å²) >= 11 is 0. The van der Waals surface area contributed by atoms with E-state index in [2.05, 4.69) is 9.80 Å². The van der Waals surface area contributed by atoms with Crippen LogP contribution in [0.3, 0.4) is 0 Å². The zero-order valence-corrected chi connectivity index (χ0v) is 13.6. The fraction of sp³-hybridized carbons (Fsp3) is 0.588. The smallest absolute Gasteiger partial charge is 0.159 e. The monoisotopic (exact) mass is 322 g/mol. The maximum Gasteiger partial charge on any atom is 0.159 e. The van der Waals surface area contributed by atoms with Gasteiger partial charge in [0.2, 0.25) is 0 Å². The van der Waals surface area contributed by atoms with Crippen LogP contribution in [0.1, 0.15) is 17.3 Å². The second-order valence-corrected chi connectivity index (χ2v) is 5.91. The predicted octanol–water partition coefficient (Wildman–Crippen LogP) is 0.239. The van der Waals surface area contributed by atoms with Crippen LogP contribution in [0.5, 0.6) is 5.75 Å². The summed E-state index contributed by atoms with van der Waals surface area (Å²) in [7, 11) is 0. The normalized spacial score (nSPS) is 17.9. The molecule has 23 heavy (non-hydrogen) atoms. The molecule has 2 rings (SSSR count). The minimum Gasteiger partial charge on any atom is -0.491 e. The van der Waals surface area contributed by atoms with Crippen LogP contribution in [-0.4, -0.2) is 84.4 Å². The summed E-state index contributed by atoms with van der Waals surface area (Å²) in [6, 6.07) is 6.95. The molecule has 6 heteroatoms. The van der Waals surface area contributed by atoms with Crippen molar-refractivity contribution in [3.63, 3.8) is 0 Å². The lowest BCUT2D eigenvalue weighted by molar-refractivity contribution is 0.0428. The first kappa shape index (κ1) is 17.9. The molecular formula is C17H26N2O4. The van der Waals surface area contributed by atoms with Gasteiger partial charge in [0.05, 0.1) is 6.61 Å². The van der Waals surface area contributed by atoms with Gasteiger partial charge >= 0.3 is 0 Å². The number of hydrogen-bond acceptors (Lipinski definition) is 6. The van der Waals surface area contributed by atoms with Crippen molar-refractivity contribution in [2.45, 2.75) is 13.0 Å². The van der Waals surface area contributed by atoms with E-state index in [0.29, 0.717) is 17.9 Å². The maximum atomic E-state index is 11.2. The van der Waals surface area contributed by atoms with Gasteiger partial charge < -0.3 is 14.9 Å². The lowest BCUT2D eigenvalue weighted by Gasteiger charge is -2.35. The van der Waals surface area contributed by atoms with Crippen LogP contribution in [0.25, 0.3) is 0 Å². The number of piperazine rings is 1. The zero-order chi connectivity index (χ0) is 16.7. The number of β-amino-alcohol motifs (C(OH)–C–C–N with tert-alkyl or cyclic N) is 2. The third kappa shape index (κ3) is 5.91. The van der Waals surface area contributed by atoms with Crippen LogP contribution in [0.2, 0.25) is 0 Å². The number of benzene rings is 1. The van der Waals surface area contributed by atoms with E-state index < -0.39 is 6.10 Å². The van der Waals surface area contributed by atoms with E-state index >= 15 is 0 Å². The van der Waals surface area contributed by atoms with Crippen LogP contribution in [0.15, 0.2) is 24.3 Å². The number of rotatable bonds is 8. The van der Waals surface area contributed by atoms with Crippen molar-refractivity contribution in [1.82, 2.24) is 9.80 Å². The minimum absolute atomic E-state index is 0.0249. The average Bonchev–Trinajstić information content (AvgIpc) is 2.55. The molecule has 1 aromatic rings. The maximum absolute atomic E-state index is 11.2. The third-order valence-electron chi connectivity index (χ3n) is 4.05. The molecule has 1 heterocycles. The first-order chi connectivity index (χ1) is 11.1. The quantitative estimate of drug-likeness (QED) is 0.668. The highest BCUT2D eigenvalue weighted by Crippen LogP contribution is 2.13. The molecule has 1 aromatic carbocycles. The molecular weight excluding hydrogens is 296 g/mol. The summed E-state index contributed by atoms with van der Waals surface area (Å²) in [6.45, 7) is 6.87. The topological polar surface area (TPSA) is 73.2 Å². The van der Waals surface area contributed by atoms with Gasteiger partial charge in [0.1, 0.15) is 18.5 Å². The molecule has 1 atom stereocenters. The number of aliphatic hydroxyl groups excluding tert-OH is 2. The van der Waals surface area contributed by atoms with Crippen LogP contribution in [-0.2, 0) is 0 Å². The molecule has 1 fully saturated rings. The first-order valence-corrected chi connectivity index (χ1v) is 8.06. The molecule has 0 radical (unpaired) electrons. The number of ether oxygens (including phenoxy) is 1. The van der Waals surface area contributed by atoms with Crippen LogP contribution in [0, 0.1) is 0 Å². The summed E-state index contributed by atoms with van der Waals surface area (Å²) in [6.07, 6.45) is -0.549. The molecule has 6 nitrogen and oxygen atoms in total. The fourth-order valence-corrected chi connectivity index (χ4v) is 2.67. The summed E-state index contributed by atoms with van der Waals surface area (Å²) in [5.41, 5.74) is 0.652. The molecule has 0 aromatic heterocycles. The van der Waals surface area contributed by atoms with Gasteiger partial charge in [-0.15, -0.1) is 0 Å². The third-order valence-corrected chi connectivity index (χ3v) is 4.05. The van der Waals surface area contributed by atoms with Crippen molar-refractivity contribution < 1.29 is 19.7 Å². The average molecular weight is 322 g/mol. The van der Waals surface area contributed by atoms with E-state index in [-0.39, 0.29) is 19.0 Å². The summed E-state index contributed by atoms with van der Waals surface area (Å²) in [5.74, 6) is 0.679. The number of Topliss-reactive ketones (excluding diaryl/α,β-unsaturated/α-hetero) is 1. The molecule has 128 valence electrons. The van der Waals surface area contributed by atoms with E-state index in [4.69, 9.17) is 9.84 Å². The fourth-order valence-electron chi connectivity index (χ4n) is 2.67. The van der Waals surface area contributed by atoms with Crippen molar-refractivity contribution in [3.8, 4) is 5.75 Å². The number of carbonyl (C=O) groups excluding carboxylic acids is 1. The summed E-state index contributed by atoms with van der Waals surface area (Å²) in [4.78, 5) is 15.6. The largest absolute Gasteiger partial charge is 0.491 e. The van der Waals surface area contributed by atoms with Crippen LogP contribution >= 0.6 is 0 Å². The molecule has 0 bridgehead atoms. The lowest BCUT2D eigenvalue weighted by atomic mass is 10.1. The standard InChI is InChI=1S/C17H26N2O4/c1-14(21)15-2-4-17(5-3-15)23-13-16(22)12-19-8-6-18(7-9-19)10-11-20/h2-5,16,20,22H,6-13H2,1H3/t16-/m0/s1. The Bertz CT molecular complexity index is 484. The van der Waals surface area contributed by atoms with Gasteiger partial charge in [-0.1, -0.05) is 0 Å². The van der Waals surface area contributed by atoms with Gasteiger partial charge in [-0.2, -0.15) is 0 Å². The summed E-state index contributed by atoms with van der Waals surface area (Å²) < 4.78 is 5.57. The molecule has 0 amide bonds. The summed E-state index contributed by atoms with van der Waals surface area (Å²) in [5, 5.41) is 19.0. The molecule has 0 unspecified atom stereocenters. The van der Waals surface area contributed by atoms with Gasteiger partial charge in [0, 0.05) is 44.8 Å². The van der Waals surface area contributed by atoms with Gasteiger partial charge in [-0.05, 0) is 31.2 Å². The number of hydrogen-bond donors (Lipinski definition) is 2. The molecule has 0 aliphatic carbocycles. The zero-order valence-electron chi connectivity index (χ0n) is 13.6. The molecule has 2 N–H and O–H groups in total. The first-order valence-electron chi connectivity index (χ1n) is 8.06. The van der Waals surface area contributed by atoms with E-state index in [0.717, 1.165) is 32.7 Å². The Kier molecular flexibility index (Phi) is 6.98. The van der Waals surface area contributed by atoms with Gasteiger partial charge in [0.25, 0.3) is 0 Å². The highest BCUT2D eigenvalue weighted by atomic mass is 16.5. The van der Waals surface area contributed by atoms with E-state index in [9.17, 15) is 9.90 Å². The van der Waals surface area contributed by atoms with Crippen molar-refractivity contribution in [2.24, 2.45) is 0 Å². The van der Waals surface area contributed by atoms with E-state index in [1.54, 1.807) is 24.3 Å². The van der Waals surface area contributed by atoms with Crippen molar-refractivity contribution in [3.05, 3.63) is 29.8 Å². The van der Waals surface area contributed by atoms with Crippen LogP contribution in [0.4, 0.5) is 0 Å². The second kappa shape index (κ2) is 8.98. The Hall–Kier alpha value is -1.47. The Balaban J connectivity index is 1.69. The number of ketones is 1. The SMILES string of the molecule is CC(=O)c1ccc(OC[C@@H](O)CN2CCN(CCO)CC2)cc1. The highest BCUT2D eigenvalue weighted by molar-refractivity contribution is 5.94. The molecule has 1 saturated heterocycles. The Morgan fingerprint density at radius 1 is 1.17 bits per heavy atom. The lowest BCUT2D eigenvalue weighted by Crippen LogP contribution is -2.49. The molecule has 0 saturated carbocycles. The molecule has 0 spiro atoms. The second-order valence-electron chi connectivity index (χ2n) is 5.91. The van der Waals surface area contributed by atoms with Gasteiger partial charge in [0.15, 0.2) is 5.78 Å². The number of aliphatic hydroxyl groups is 2. The predicted molar refractivity (Wildman–Crippen MR) is 87.9 cm³/mol. The van der Waals surface area contributed by atoms with E-state index in [1.807, 2.05) is 0 Å². The Morgan fingerprint density at radius 2 is 1.78 bits per heavy atom. The minimum atomic E-state index is -0.549. The molecule has 1 aliphatic heterocycles. The Morgan fingerprint density at radius 3 is 2.35 bits per heavy atom. The number of carbonyl (C=O) groups is 1. The highest BCUT2D eigenvalue weighted by Gasteiger charge is 2.19. The van der Waals surface area contributed by atoms with Crippen molar-refractivity contribution in [2.75, 3.05) is 52.5 Å². The van der Waals surface area contributed by atoms with Gasteiger partial charge in [-0.25, -0.2) is 0 Å².